The molecule has 0 aliphatic heterocycles. The van der Waals surface area contributed by atoms with Gasteiger partial charge in [0.15, 0.2) is 17.3 Å². The summed E-state index contributed by atoms with van der Waals surface area (Å²) in [5.41, 5.74) is 1.07. The summed E-state index contributed by atoms with van der Waals surface area (Å²) < 4.78 is 18.2. The summed E-state index contributed by atoms with van der Waals surface area (Å²) in [5, 5.41) is 4.35. The van der Waals surface area contributed by atoms with Gasteiger partial charge in [-0.3, -0.25) is 9.59 Å². The summed E-state index contributed by atoms with van der Waals surface area (Å²) in [6.45, 7) is 6.17. The second-order valence-electron chi connectivity index (χ2n) is 6.71. The molecule has 4 rings (SSSR count). The van der Waals surface area contributed by atoms with Crippen molar-refractivity contribution in [2.45, 2.75) is 20.8 Å². The van der Waals surface area contributed by atoms with Crippen molar-refractivity contribution in [3.63, 3.8) is 0 Å². The number of esters is 1. The van der Waals surface area contributed by atoms with Gasteiger partial charge in [0, 0.05) is 6.92 Å². The number of carbonyl (C=O) groups is 1. The fraction of sp³-hybridized carbons (Fsp3) is 0.217. The van der Waals surface area contributed by atoms with E-state index < -0.39 is 5.97 Å². The Hall–Kier alpha value is -3.72. The Morgan fingerprint density at radius 2 is 1.81 bits per heavy atom. The van der Waals surface area contributed by atoms with Crippen molar-refractivity contribution in [2.24, 2.45) is 0 Å². The molecule has 164 valence electrons. The van der Waals surface area contributed by atoms with Crippen LogP contribution in [-0.4, -0.2) is 33.8 Å². The first-order valence-corrected chi connectivity index (χ1v) is 10.9. The molecule has 0 saturated carbocycles. The number of hydrogen-bond donors (Lipinski definition) is 0. The quantitative estimate of drug-likeness (QED) is 0.315. The van der Waals surface area contributed by atoms with Crippen LogP contribution >= 0.6 is 11.3 Å². The number of thiazole rings is 1. The third-order valence-corrected chi connectivity index (χ3v) is 5.39. The maximum atomic E-state index is 12.9. The van der Waals surface area contributed by atoms with Crippen LogP contribution in [0.25, 0.3) is 22.4 Å². The van der Waals surface area contributed by atoms with Crippen LogP contribution in [0.5, 0.6) is 17.2 Å². The van der Waals surface area contributed by atoms with Gasteiger partial charge in [-0.25, -0.2) is 0 Å². The second kappa shape index (κ2) is 9.19. The Labute approximate surface area is 187 Å². The highest BCUT2D eigenvalue weighted by atomic mass is 32.1. The Morgan fingerprint density at radius 3 is 2.53 bits per heavy atom. The van der Waals surface area contributed by atoms with Crippen molar-refractivity contribution in [2.75, 3.05) is 13.2 Å². The molecule has 0 fully saturated rings. The summed E-state index contributed by atoms with van der Waals surface area (Å²) in [7, 11) is 0. The smallest absolute Gasteiger partial charge is 0.308 e. The average molecular weight is 452 g/mol. The van der Waals surface area contributed by atoms with E-state index in [0.717, 1.165) is 5.56 Å². The van der Waals surface area contributed by atoms with Gasteiger partial charge in [0.1, 0.15) is 5.75 Å². The molecule has 8 nitrogen and oxygen atoms in total. The molecular formula is C23H21N3O5S. The van der Waals surface area contributed by atoms with Crippen LogP contribution in [-0.2, 0) is 4.79 Å². The lowest BCUT2D eigenvalue weighted by Crippen LogP contribution is -2.23. The highest BCUT2D eigenvalue weighted by Crippen LogP contribution is 2.29. The number of benzene rings is 2. The second-order valence-corrected chi connectivity index (χ2v) is 7.72. The molecule has 0 unspecified atom stereocenters. The van der Waals surface area contributed by atoms with E-state index >= 15 is 0 Å². The van der Waals surface area contributed by atoms with Crippen molar-refractivity contribution in [3.8, 4) is 28.6 Å². The largest absolute Gasteiger partial charge is 0.490 e. The number of fused-ring (bicyclic) bond motifs is 1. The highest BCUT2D eigenvalue weighted by Gasteiger charge is 2.16. The first-order chi connectivity index (χ1) is 15.5. The van der Waals surface area contributed by atoms with Gasteiger partial charge in [-0.05, 0) is 49.8 Å². The maximum absolute atomic E-state index is 12.9. The van der Waals surface area contributed by atoms with Crippen molar-refractivity contribution in [1.29, 1.82) is 0 Å². The van der Waals surface area contributed by atoms with E-state index in [0.29, 0.717) is 51.3 Å². The molecule has 0 amide bonds. The number of ether oxygens (including phenoxy) is 3. The molecule has 0 saturated heterocycles. The zero-order valence-electron chi connectivity index (χ0n) is 17.8. The molecule has 2 aromatic heterocycles. The van der Waals surface area contributed by atoms with Crippen LogP contribution in [0.1, 0.15) is 26.3 Å². The minimum Gasteiger partial charge on any atom is -0.490 e. The minimum absolute atomic E-state index is 0.277. The summed E-state index contributed by atoms with van der Waals surface area (Å²) in [5.74, 6) is 1.50. The monoisotopic (exact) mass is 451 g/mol. The molecule has 0 spiro atoms. The van der Waals surface area contributed by atoms with Crippen molar-refractivity contribution >= 4 is 28.3 Å². The van der Waals surface area contributed by atoms with Crippen molar-refractivity contribution < 1.29 is 19.0 Å². The molecule has 4 aromatic rings. The lowest BCUT2D eigenvalue weighted by molar-refractivity contribution is -0.131. The maximum Gasteiger partial charge on any atom is 0.308 e. The number of carbonyl (C=O) groups excluding carboxylic acids is 1. The van der Waals surface area contributed by atoms with E-state index in [2.05, 4.69) is 10.1 Å². The van der Waals surface area contributed by atoms with Gasteiger partial charge in [-0.1, -0.05) is 29.5 Å². The van der Waals surface area contributed by atoms with Crippen LogP contribution in [0.15, 0.2) is 47.3 Å². The van der Waals surface area contributed by atoms with E-state index in [4.69, 9.17) is 14.2 Å². The van der Waals surface area contributed by atoms with Crippen LogP contribution < -0.4 is 24.3 Å². The summed E-state index contributed by atoms with van der Waals surface area (Å²) in [4.78, 5) is 29.2. The Balaban J connectivity index is 1.73. The SMILES string of the molecule is CCOc1ccc(/C=c2/sc3nc(-c4ccccc4OC(C)=O)nn3c2=O)cc1OCC. The van der Waals surface area contributed by atoms with Crippen molar-refractivity contribution in [1.82, 2.24) is 14.6 Å². The topological polar surface area (TPSA) is 92.0 Å². The van der Waals surface area contributed by atoms with Crippen LogP contribution in [0.4, 0.5) is 0 Å². The minimum atomic E-state index is -0.443. The molecule has 0 N–H and O–H groups in total. The third kappa shape index (κ3) is 4.33. The van der Waals surface area contributed by atoms with E-state index in [9.17, 15) is 9.59 Å². The normalized spacial score (nSPS) is 11.7. The Morgan fingerprint density at radius 1 is 1.06 bits per heavy atom. The van der Waals surface area contributed by atoms with Crippen molar-refractivity contribution in [3.05, 3.63) is 62.9 Å². The number of para-hydroxylation sites is 1. The Bertz CT molecular complexity index is 1390. The van der Waals surface area contributed by atoms with E-state index in [1.165, 1.54) is 22.8 Å². The molecule has 9 heteroatoms. The predicted molar refractivity (Wildman–Crippen MR) is 121 cm³/mol. The van der Waals surface area contributed by atoms with Gasteiger partial charge in [0.25, 0.3) is 5.56 Å². The summed E-state index contributed by atoms with van der Waals surface area (Å²) in [6, 6.07) is 12.5. The number of nitrogens with zero attached hydrogens (tertiary/aromatic N) is 3. The third-order valence-electron chi connectivity index (χ3n) is 4.43. The van der Waals surface area contributed by atoms with Gasteiger partial charge < -0.3 is 14.2 Å². The zero-order chi connectivity index (χ0) is 22.7. The number of hydrogen-bond acceptors (Lipinski definition) is 8. The molecular weight excluding hydrogens is 430 g/mol. The fourth-order valence-electron chi connectivity index (χ4n) is 3.15. The molecule has 2 aromatic carbocycles. The standard InChI is InChI=1S/C23H21N3O5S/c1-4-29-18-11-10-15(12-19(18)30-5-2)13-20-22(28)26-23(32-20)24-21(25-26)16-8-6-7-9-17(16)31-14(3)27/h6-13H,4-5H2,1-3H3/b20-13+. The summed E-state index contributed by atoms with van der Waals surface area (Å²) >= 11 is 1.23. The lowest BCUT2D eigenvalue weighted by atomic mass is 10.2. The first-order valence-electron chi connectivity index (χ1n) is 10.1. The first kappa shape index (κ1) is 21.5. The van der Waals surface area contributed by atoms with Crippen LogP contribution in [0.3, 0.4) is 0 Å². The average Bonchev–Trinajstić information content (AvgIpc) is 3.30. The van der Waals surface area contributed by atoms with Gasteiger partial charge in [-0.15, -0.1) is 5.10 Å². The molecule has 0 atom stereocenters. The highest BCUT2D eigenvalue weighted by molar-refractivity contribution is 7.15. The summed E-state index contributed by atoms with van der Waals surface area (Å²) in [6.07, 6.45) is 1.77. The fourth-order valence-corrected chi connectivity index (χ4v) is 4.06. The predicted octanol–water partition coefficient (Wildman–Crippen LogP) is 3.09. The van der Waals surface area contributed by atoms with Crippen LogP contribution in [0, 0.1) is 0 Å². The van der Waals surface area contributed by atoms with Gasteiger partial charge >= 0.3 is 5.97 Å². The lowest BCUT2D eigenvalue weighted by Gasteiger charge is -2.11. The van der Waals surface area contributed by atoms with Gasteiger partial charge in [-0.2, -0.15) is 9.50 Å². The molecule has 0 bridgehead atoms. The number of rotatable bonds is 7. The van der Waals surface area contributed by atoms with E-state index in [1.807, 2.05) is 32.0 Å². The molecule has 2 heterocycles. The molecule has 0 radical (unpaired) electrons. The Kier molecular flexibility index (Phi) is 6.18. The molecule has 0 aliphatic rings. The number of aromatic nitrogens is 3. The molecule has 0 aliphatic carbocycles. The van der Waals surface area contributed by atoms with E-state index in [1.54, 1.807) is 30.3 Å². The van der Waals surface area contributed by atoms with Crippen LogP contribution in [0.2, 0.25) is 0 Å². The van der Waals surface area contributed by atoms with E-state index in [-0.39, 0.29) is 5.56 Å². The zero-order valence-corrected chi connectivity index (χ0v) is 18.6. The van der Waals surface area contributed by atoms with Gasteiger partial charge in [0.05, 0.1) is 23.3 Å². The van der Waals surface area contributed by atoms with Gasteiger partial charge in [0.2, 0.25) is 4.96 Å². The molecule has 32 heavy (non-hydrogen) atoms.